The normalized spacial score (nSPS) is 10.2. The number of aryl methyl sites for hydroxylation is 1. The zero-order chi connectivity index (χ0) is 13.1. The van der Waals surface area contributed by atoms with Crippen LogP contribution in [-0.4, -0.2) is 27.8 Å². The fourth-order valence-corrected chi connectivity index (χ4v) is 1.81. The molecule has 0 fully saturated rings. The Bertz CT molecular complexity index is 582. The van der Waals surface area contributed by atoms with E-state index < -0.39 is 0 Å². The first-order valence-corrected chi connectivity index (χ1v) is 5.90. The molecule has 6 nitrogen and oxygen atoms in total. The zero-order valence-electron chi connectivity index (χ0n) is 9.85. The Balaban J connectivity index is 2.26. The molecule has 0 aliphatic heterocycles. The topological polar surface area (TPSA) is 69.0 Å². The predicted molar refractivity (Wildman–Crippen MR) is 69.7 cm³/mol. The number of hydrogen-bond acceptors (Lipinski definition) is 4. The van der Waals surface area contributed by atoms with Gasteiger partial charge in [0.1, 0.15) is 12.1 Å². The highest BCUT2D eigenvalue weighted by Crippen LogP contribution is 2.23. The van der Waals surface area contributed by atoms with Crippen LogP contribution in [0.4, 0.5) is 5.95 Å². The lowest BCUT2D eigenvalue weighted by molar-refractivity contribution is 0.102. The summed E-state index contributed by atoms with van der Waals surface area (Å²) in [5, 5.41) is 6.54. The highest BCUT2D eigenvalue weighted by molar-refractivity contribution is 9.10. The van der Waals surface area contributed by atoms with Crippen molar-refractivity contribution < 1.29 is 9.53 Å². The summed E-state index contributed by atoms with van der Waals surface area (Å²) in [6.45, 7) is 0. The molecule has 0 unspecified atom stereocenters. The fraction of sp³-hybridized carbons (Fsp3) is 0.182. The summed E-state index contributed by atoms with van der Waals surface area (Å²) in [5.41, 5.74) is 0.470. The minimum absolute atomic E-state index is 0.281. The second-order valence-corrected chi connectivity index (χ2v) is 4.36. The number of halogens is 1. The van der Waals surface area contributed by atoms with Crippen LogP contribution in [0.2, 0.25) is 0 Å². The van der Waals surface area contributed by atoms with Crippen LogP contribution in [0, 0.1) is 0 Å². The maximum atomic E-state index is 12.1. The molecule has 0 aliphatic carbocycles. The Kier molecular flexibility index (Phi) is 3.61. The summed E-state index contributed by atoms with van der Waals surface area (Å²) in [5.74, 6) is 0.716. The smallest absolute Gasteiger partial charge is 0.259 e. The maximum Gasteiger partial charge on any atom is 0.259 e. The average Bonchev–Trinajstić information content (AvgIpc) is 2.75. The van der Waals surface area contributed by atoms with Gasteiger partial charge in [-0.15, -0.1) is 0 Å². The van der Waals surface area contributed by atoms with Crippen molar-refractivity contribution in [3.05, 3.63) is 34.6 Å². The van der Waals surface area contributed by atoms with Gasteiger partial charge in [0.2, 0.25) is 5.95 Å². The molecule has 0 atom stereocenters. The van der Waals surface area contributed by atoms with E-state index in [4.69, 9.17) is 4.74 Å². The Morgan fingerprint density at radius 1 is 1.50 bits per heavy atom. The van der Waals surface area contributed by atoms with Gasteiger partial charge in [-0.3, -0.25) is 10.1 Å². The van der Waals surface area contributed by atoms with Crippen molar-refractivity contribution in [2.45, 2.75) is 0 Å². The van der Waals surface area contributed by atoms with Gasteiger partial charge < -0.3 is 4.74 Å². The molecule has 7 heteroatoms. The van der Waals surface area contributed by atoms with Gasteiger partial charge in [0.05, 0.1) is 12.7 Å². The van der Waals surface area contributed by atoms with E-state index in [1.54, 1.807) is 32.4 Å². The Morgan fingerprint density at radius 3 is 2.89 bits per heavy atom. The van der Waals surface area contributed by atoms with Gasteiger partial charge in [0.15, 0.2) is 0 Å². The van der Waals surface area contributed by atoms with Crippen LogP contribution in [-0.2, 0) is 7.05 Å². The number of carbonyl (C=O) groups excluding carboxylic acids is 1. The second-order valence-electron chi connectivity index (χ2n) is 3.51. The third-order valence-corrected chi connectivity index (χ3v) is 3.05. The molecule has 1 aromatic carbocycles. The number of hydrogen-bond donors (Lipinski definition) is 1. The molecule has 1 N–H and O–H groups in total. The van der Waals surface area contributed by atoms with E-state index in [2.05, 4.69) is 31.3 Å². The number of amides is 1. The largest absolute Gasteiger partial charge is 0.497 e. The molecular formula is C11H11BrN4O2. The van der Waals surface area contributed by atoms with Crippen molar-refractivity contribution in [2.75, 3.05) is 12.4 Å². The van der Waals surface area contributed by atoms with Crippen molar-refractivity contribution in [1.82, 2.24) is 14.8 Å². The molecule has 0 bridgehead atoms. The Hall–Kier alpha value is -1.89. The molecule has 1 aromatic heterocycles. The highest BCUT2D eigenvalue weighted by atomic mass is 79.9. The number of ether oxygens (including phenoxy) is 1. The van der Waals surface area contributed by atoms with E-state index in [-0.39, 0.29) is 5.91 Å². The van der Waals surface area contributed by atoms with Crippen molar-refractivity contribution in [2.24, 2.45) is 7.05 Å². The predicted octanol–water partition coefficient (Wildman–Crippen LogP) is 1.84. The third kappa shape index (κ3) is 2.51. The van der Waals surface area contributed by atoms with E-state index >= 15 is 0 Å². The number of methoxy groups -OCH3 is 1. The van der Waals surface area contributed by atoms with E-state index in [0.29, 0.717) is 21.7 Å². The minimum Gasteiger partial charge on any atom is -0.497 e. The molecule has 0 spiro atoms. The van der Waals surface area contributed by atoms with E-state index in [9.17, 15) is 4.79 Å². The lowest BCUT2D eigenvalue weighted by Gasteiger charge is -2.07. The van der Waals surface area contributed by atoms with Crippen LogP contribution in [0.25, 0.3) is 0 Å². The van der Waals surface area contributed by atoms with Crippen molar-refractivity contribution in [3.63, 3.8) is 0 Å². The first-order chi connectivity index (χ1) is 8.61. The molecule has 2 rings (SSSR count). The molecular weight excluding hydrogens is 300 g/mol. The van der Waals surface area contributed by atoms with Crippen molar-refractivity contribution >= 4 is 27.8 Å². The standard InChI is InChI=1S/C11H11BrN4O2/c1-16-11(13-6-14-16)15-10(17)8-5-7(18-2)3-4-9(8)12/h3-6H,1-2H3,(H,13,14,15,17). The Morgan fingerprint density at radius 2 is 2.28 bits per heavy atom. The van der Waals surface area contributed by atoms with Crippen LogP contribution in [0.15, 0.2) is 29.0 Å². The first kappa shape index (κ1) is 12.6. The van der Waals surface area contributed by atoms with Gasteiger partial charge in [-0.25, -0.2) is 4.68 Å². The quantitative estimate of drug-likeness (QED) is 0.939. The molecule has 1 heterocycles. The van der Waals surface area contributed by atoms with Crippen LogP contribution >= 0.6 is 15.9 Å². The van der Waals surface area contributed by atoms with Crippen molar-refractivity contribution in [1.29, 1.82) is 0 Å². The first-order valence-electron chi connectivity index (χ1n) is 5.10. The van der Waals surface area contributed by atoms with Crippen LogP contribution in [0.1, 0.15) is 10.4 Å². The number of benzene rings is 1. The summed E-state index contributed by atoms with van der Waals surface area (Å²) in [6, 6.07) is 5.17. The summed E-state index contributed by atoms with van der Waals surface area (Å²) < 4.78 is 7.25. The molecule has 18 heavy (non-hydrogen) atoms. The molecule has 0 radical (unpaired) electrons. The number of nitrogens with one attached hydrogen (secondary N) is 1. The monoisotopic (exact) mass is 310 g/mol. The van der Waals surface area contributed by atoms with Crippen molar-refractivity contribution in [3.8, 4) is 5.75 Å². The fourth-order valence-electron chi connectivity index (χ4n) is 1.38. The zero-order valence-corrected chi connectivity index (χ0v) is 11.4. The third-order valence-electron chi connectivity index (χ3n) is 2.35. The number of nitrogens with zero attached hydrogens (tertiary/aromatic N) is 3. The molecule has 2 aromatic rings. The number of anilines is 1. The highest BCUT2D eigenvalue weighted by Gasteiger charge is 2.13. The van der Waals surface area contributed by atoms with Gasteiger partial charge in [0, 0.05) is 11.5 Å². The summed E-state index contributed by atoms with van der Waals surface area (Å²) in [7, 11) is 3.25. The van der Waals surface area contributed by atoms with E-state index in [1.165, 1.54) is 11.0 Å². The SMILES string of the molecule is COc1ccc(Br)c(C(=O)Nc2ncnn2C)c1. The molecule has 0 saturated carbocycles. The van der Waals surface area contributed by atoms with Gasteiger partial charge >= 0.3 is 0 Å². The second kappa shape index (κ2) is 5.18. The summed E-state index contributed by atoms with van der Waals surface area (Å²) in [6.07, 6.45) is 1.37. The van der Waals surface area contributed by atoms with Crippen LogP contribution in [0.3, 0.4) is 0 Å². The lowest BCUT2D eigenvalue weighted by Crippen LogP contribution is -2.16. The van der Waals surface area contributed by atoms with E-state index in [1.807, 2.05) is 0 Å². The maximum absolute atomic E-state index is 12.1. The summed E-state index contributed by atoms with van der Waals surface area (Å²) >= 11 is 3.32. The van der Waals surface area contributed by atoms with Gasteiger partial charge in [-0.2, -0.15) is 10.1 Å². The van der Waals surface area contributed by atoms with Gasteiger partial charge in [-0.1, -0.05) is 0 Å². The average molecular weight is 311 g/mol. The molecule has 94 valence electrons. The summed E-state index contributed by atoms with van der Waals surface area (Å²) in [4.78, 5) is 16.0. The van der Waals surface area contributed by atoms with Crippen LogP contribution in [0.5, 0.6) is 5.75 Å². The lowest BCUT2D eigenvalue weighted by atomic mass is 10.2. The van der Waals surface area contributed by atoms with Crippen LogP contribution < -0.4 is 10.1 Å². The van der Waals surface area contributed by atoms with Gasteiger partial charge in [-0.05, 0) is 34.1 Å². The molecule has 0 saturated heterocycles. The minimum atomic E-state index is -0.281. The number of carbonyl (C=O) groups is 1. The number of rotatable bonds is 3. The molecule has 1 amide bonds. The Labute approximate surface area is 112 Å². The molecule has 0 aliphatic rings. The van der Waals surface area contributed by atoms with Gasteiger partial charge in [0.25, 0.3) is 5.91 Å². The number of aromatic nitrogens is 3. The van der Waals surface area contributed by atoms with E-state index in [0.717, 1.165) is 0 Å².